The first-order valence-electron chi connectivity index (χ1n) is 10.3. The molecule has 0 aliphatic carbocycles. The lowest BCUT2D eigenvalue weighted by Gasteiger charge is -2.38. The molecule has 1 saturated heterocycles. The molecule has 3 aromatic carbocycles. The van der Waals surface area contributed by atoms with E-state index >= 15 is 0 Å². The van der Waals surface area contributed by atoms with Crippen LogP contribution in [-0.2, 0) is 6.54 Å². The molecule has 0 saturated carbocycles. The van der Waals surface area contributed by atoms with Crippen molar-refractivity contribution in [1.82, 2.24) is 4.90 Å². The summed E-state index contributed by atoms with van der Waals surface area (Å²) in [6, 6.07) is 19.1. The number of nitrogens with zero attached hydrogens (tertiary/aromatic N) is 2. The molecule has 3 nitrogen and oxygen atoms in total. The van der Waals surface area contributed by atoms with Crippen LogP contribution in [-0.4, -0.2) is 29.9 Å². The van der Waals surface area contributed by atoms with Gasteiger partial charge in [0.1, 0.15) is 5.82 Å². The summed E-state index contributed by atoms with van der Waals surface area (Å²) in [5, 5.41) is 0. The summed E-state index contributed by atoms with van der Waals surface area (Å²) in [4.78, 5) is 17.1. The Morgan fingerprint density at radius 2 is 1.55 bits per heavy atom. The third-order valence-corrected chi connectivity index (χ3v) is 5.69. The molecule has 0 spiro atoms. The van der Waals surface area contributed by atoms with Gasteiger partial charge in [-0.25, -0.2) is 13.2 Å². The van der Waals surface area contributed by atoms with Crippen molar-refractivity contribution in [3.05, 3.63) is 101 Å². The second kappa shape index (κ2) is 9.35. The van der Waals surface area contributed by atoms with E-state index in [4.69, 9.17) is 0 Å². The average molecular weight is 424 g/mol. The molecule has 1 heterocycles. The van der Waals surface area contributed by atoms with Gasteiger partial charge in [0.2, 0.25) is 0 Å². The Bertz CT molecular complexity index is 1030. The second-order valence-electron chi connectivity index (χ2n) is 7.74. The zero-order chi connectivity index (χ0) is 21.8. The highest BCUT2D eigenvalue weighted by Crippen LogP contribution is 2.27. The summed E-state index contributed by atoms with van der Waals surface area (Å²) in [7, 11) is 0. The van der Waals surface area contributed by atoms with Crippen LogP contribution < -0.4 is 4.90 Å². The fourth-order valence-corrected chi connectivity index (χ4v) is 4.06. The maximum Gasteiger partial charge on any atom is 0.258 e. The fraction of sp³-hybridized carbons (Fsp3) is 0.240. The number of piperidine rings is 1. The van der Waals surface area contributed by atoms with Crippen LogP contribution in [0.5, 0.6) is 0 Å². The van der Waals surface area contributed by atoms with Crippen LogP contribution in [0.15, 0.2) is 72.8 Å². The first-order valence-corrected chi connectivity index (χ1v) is 10.3. The zero-order valence-electron chi connectivity index (χ0n) is 17.0. The van der Waals surface area contributed by atoms with E-state index in [1.807, 2.05) is 18.2 Å². The van der Waals surface area contributed by atoms with E-state index in [9.17, 15) is 18.0 Å². The van der Waals surface area contributed by atoms with Gasteiger partial charge in [0.25, 0.3) is 5.91 Å². The summed E-state index contributed by atoms with van der Waals surface area (Å²) >= 11 is 0. The molecule has 0 radical (unpaired) electrons. The Hall–Kier alpha value is -3.12. The topological polar surface area (TPSA) is 23.6 Å². The quantitative estimate of drug-likeness (QED) is 0.546. The first kappa shape index (κ1) is 21.1. The standard InChI is InChI=1S/C25H23F3N2O/c26-20-9-11-21(12-10-20)30(25(31)18-5-2-1-3-6-18)22-13-15-29(16-14-22)17-19-7-4-8-23(27)24(19)28/h1-12,22H,13-17H2. The molecule has 1 fully saturated rings. The summed E-state index contributed by atoms with van der Waals surface area (Å²) < 4.78 is 41.0. The molecule has 0 aromatic heterocycles. The molecule has 6 heteroatoms. The van der Waals surface area contributed by atoms with Gasteiger partial charge in [-0.15, -0.1) is 0 Å². The number of likely N-dealkylation sites (tertiary alicyclic amines) is 1. The van der Waals surface area contributed by atoms with Crippen molar-refractivity contribution < 1.29 is 18.0 Å². The largest absolute Gasteiger partial charge is 0.305 e. The Morgan fingerprint density at radius 3 is 2.23 bits per heavy atom. The molecule has 0 bridgehead atoms. The van der Waals surface area contributed by atoms with E-state index in [2.05, 4.69) is 4.90 Å². The van der Waals surface area contributed by atoms with Gasteiger partial charge < -0.3 is 4.90 Å². The van der Waals surface area contributed by atoms with Crippen molar-refractivity contribution >= 4 is 11.6 Å². The van der Waals surface area contributed by atoms with Gasteiger partial charge in [-0.2, -0.15) is 0 Å². The predicted molar refractivity (Wildman–Crippen MR) is 114 cm³/mol. The van der Waals surface area contributed by atoms with Gasteiger partial charge in [-0.05, 0) is 55.3 Å². The lowest BCUT2D eigenvalue weighted by molar-refractivity contribution is 0.0958. The van der Waals surface area contributed by atoms with Gasteiger partial charge in [-0.1, -0.05) is 30.3 Å². The van der Waals surface area contributed by atoms with Gasteiger partial charge in [0, 0.05) is 42.5 Å². The smallest absolute Gasteiger partial charge is 0.258 e. The van der Waals surface area contributed by atoms with Crippen LogP contribution in [0.4, 0.5) is 18.9 Å². The van der Waals surface area contributed by atoms with Crippen LogP contribution in [0.3, 0.4) is 0 Å². The van der Waals surface area contributed by atoms with E-state index in [1.165, 1.54) is 18.2 Å². The third-order valence-electron chi connectivity index (χ3n) is 5.69. The van der Waals surface area contributed by atoms with Crippen molar-refractivity contribution in [2.24, 2.45) is 0 Å². The highest BCUT2D eigenvalue weighted by Gasteiger charge is 2.30. The molecule has 3 aromatic rings. The molecule has 1 amide bonds. The van der Waals surface area contributed by atoms with E-state index in [0.717, 1.165) is 6.07 Å². The molecule has 1 aliphatic heterocycles. The second-order valence-corrected chi connectivity index (χ2v) is 7.74. The van der Waals surface area contributed by atoms with Gasteiger partial charge in [-0.3, -0.25) is 9.69 Å². The normalized spacial score (nSPS) is 15.1. The number of halogens is 3. The number of carbonyl (C=O) groups excluding carboxylic acids is 1. The Labute approximate surface area is 179 Å². The monoisotopic (exact) mass is 424 g/mol. The first-order chi connectivity index (χ1) is 15.0. The highest BCUT2D eigenvalue weighted by molar-refractivity contribution is 6.06. The summed E-state index contributed by atoms with van der Waals surface area (Å²) in [5.41, 5.74) is 1.54. The van der Waals surface area contributed by atoms with Gasteiger partial charge in [0.15, 0.2) is 11.6 Å². The van der Waals surface area contributed by atoms with Crippen molar-refractivity contribution in [3.63, 3.8) is 0 Å². The van der Waals surface area contributed by atoms with Crippen LogP contribution in [0.1, 0.15) is 28.8 Å². The molecule has 0 N–H and O–H groups in total. The maximum absolute atomic E-state index is 14.0. The number of rotatable bonds is 5. The predicted octanol–water partition coefficient (Wildman–Crippen LogP) is 5.42. The van der Waals surface area contributed by atoms with Gasteiger partial charge in [0.05, 0.1) is 0 Å². The summed E-state index contributed by atoms with van der Waals surface area (Å²) in [6.45, 7) is 1.60. The molecule has 4 rings (SSSR count). The molecule has 160 valence electrons. The SMILES string of the molecule is O=C(c1ccccc1)N(c1ccc(F)cc1)C1CCN(Cc2cccc(F)c2F)CC1. The molecule has 1 aliphatic rings. The fourth-order valence-electron chi connectivity index (χ4n) is 4.06. The number of hydrogen-bond acceptors (Lipinski definition) is 2. The van der Waals surface area contributed by atoms with Gasteiger partial charge >= 0.3 is 0 Å². The maximum atomic E-state index is 14.0. The third kappa shape index (κ3) is 4.80. The van der Waals surface area contributed by atoms with E-state index in [1.54, 1.807) is 35.2 Å². The van der Waals surface area contributed by atoms with Crippen molar-refractivity contribution in [3.8, 4) is 0 Å². The molecule has 0 atom stereocenters. The van der Waals surface area contributed by atoms with Crippen molar-refractivity contribution in [2.45, 2.75) is 25.4 Å². The minimum absolute atomic E-state index is 0.0771. The number of carbonyl (C=O) groups is 1. The zero-order valence-corrected chi connectivity index (χ0v) is 17.0. The number of amides is 1. The minimum atomic E-state index is -0.844. The lowest BCUT2D eigenvalue weighted by atomic mass is 10.00. The Kier molecular flexibility index (Phi) is 6.37. The van der Waals surface area contributed by atoms with E-state index in [-0.39, 0.29) is 17.8 Å². The Morgan fingerprint density at radius 1 is 0.871 bits per heavy atom. The van der Waals surface area contributed by atoms with Crippen LogP contribution in [0, 0.1) is 17.5 Å². The number of hydrogen-bond donors (Lipinski definition) is 0. The number of benzene rings is 3. The minimum Gasteiger partial charge on any atom is -0.305 e. The molecular formula is C25H23F3N2O. The molecule has 31 heavy (non-hydrogen) atoms. The summed E-state index contributed by atoms with van der Waals surface area (Å²) in [5.74, 6) is -2.15. The van der Waals surface area contributed by atoms with E-state index < -0.39 is 11.6 Å². The summed E-state index contributed by atoms with van der Waals surface area (Å²) in [6.07, 6.45) is 1.35. The molecule has 0 unspecified atom stereocenters. The Balaban J connectivity index is 1.51. The average Bonchev–Trinajstić information content (AvgIpc) is 2.80. The highest BCUT2D eigenvalue weighted by atomic mass is 19.2. The lowest BCUT2D eigenvalue weighted by Crippen LogP contribution is -2.47. The number of anilines is 1. The van der Waals surface area contributed by atoms with Crippen molar-refractivity contribution in [1.29, 1.82) is 0 Å². The van der Waals surface area contributed by atoms with Crippen LogP contribution >= 0.6 is 0 Å². The van der Waals surface area contributed by atoms with Crippen molar-refractivity contribution in [2.75, 3.05) is 18.0 Å². The van der Waals surface area contributed by atoms with Crippen LogP contribution in [0.2, 0.25) is 0 Å². The van der Waals surface area contributed by atoms with Crippen LogP contribution in [0.25, 0.3) is 0 Å². The van der Waals surface area contributed by atoms with E-state index in [0.29, 0.717) is 49.3 Å². The molecular weight excluding hydrogens is 401 g/mol.